The van der Waals surface area contributed by atoms with Crippen LogP contribution in [-0.2, 0) is 28.2 Å². The highest BCUT2D eigenvalue weighted by Crippen LogP contribution is 2.43. The Morgan fingerprint density at radius 2 is 1.41 bits per heavy atom. The molecule has 0 atom stereocenters. The van der Waals surface area contributed by atoms with Gasteiger partial charge in [0, 0.05) is 5.39 Å². The molecule has 1 saturated heterocycles. The van der Waals surface area contributed by atoms with Crippen LogP contribution in [-0.4, -0.2) is 27.5 Å². The Morgan fingerprint density at radius 1 is 0.829 bits per heavy atom. The van der Waals surface area contributed by atoms with Crippen molar-refractivity contribution in [3.05, 3.63) is 95.8 Å². The molecule has 2 aliphatic rings. The van der Waals surface area contributed by atoms with Crippen LogP contribution in [0.25, 0.3) is 10.8 Å². The number of nitrogens with zero attached hydrogens (tertiary/aromatic N) is 1. The molecule has 0 radical (unpaired) electrons. The first-order valence-electron chi connectivity index (χ1n) is 13.5. The molecule has 8 nitrogen and oxygen atoms in total. The molecular formula is C31H29FN2O6S. The zero-order chi connectivity index (χ0) is 28.4. The lowest BCUT2D eigenvalue weighted by atomic mass is 10.1. The summed E-state index contributed by atoms with van der Waals surface area (Å²) in [5.74, 6) is -0.184. The van der Waals surface area contributed by atoms with E-state index in [-0.39, 0.29) is 30.0 Å². The summed E-state index contributed by atoms with van der Waals surface area (Å²) in [6, 6.07) is 23.7. The molecule has 41 heavy (non-hydrogen) atoms. The molecule has 10 heteroatoms. The van der Waals surface area contributed by atoms with Crippen LogP contribution in [0.3, 0.4) is 0 Å². The Labute approximate surface area is 237 Å². The molecule has 0 bridgehead atoms. The van der Waals surface area contributed by atoms with Gasteiger partial charge >= 0.3 is 10.2 Å². The Hall–Kier alpha value is -4.31. The minimum Gasteiger partial charge on any atom is -0.490 e. The van der Waals surface area contributed by atoms with Crippen molar-refractivity contribution in [3.63, 3.8) is 0 Å². The maximum atomic E-state index is 16.4. The lowest BCUT2D eigenvalue weighted by molar-refractivity contribution is -0.117. The topological polar surface area (TPSA) is 94.2 Å². The van der Waals surface area contributed by atoms with Crippen molar-refractivity contribution >= 4 is 32.6 Å². The Kier molecular flexibility index (Phi) is 7.40. The normalized spacial score (nSPS) is 16.0. The van der Waals surface area contributed by atoms with E-state index in [9.17, 15) is 13.2 Å². The number of nitrogens with one attached hydrogen (secondary N) is 1. The molecule has 1 aliphatic carbocycles. The van der Waals surface area contributed by atoms with Gasteiger partial charge in [-0.1, -0.05) is 73.5 Å². The number of ether oxygens (including phenoxy) is 3. The van der Waals surface area contributed by atoms with Crippen LogP contribution < -0.4 is 23.2 Å². The molecular weight excluding hydrogens is 547 g/mol. The average molecular weight is 577 g/mol. The third kappa shape index (κ3) is 6.07. The highest BCUT2D eigenvalue weighted by molar-refractivity contribution is 7.92. The second kappa shape index (κ2) is 11.3. The van der Waals surface area contributed by atoms with E-state index in [0.717, 1.165) is 17.5 Å². The van der Waals surface area contributed by atoms with Gasteiger partial charge in [-0.25, -0.2) is 13.4 Å². The van der Waals surface area contributed by atoms with Gasteiger partial charge in [-0.3, -0.25) is 4.79 Å². The molecule has 0 unspecified atom stereocenters. The molecule has 1 N–H and O–H groups in total. The fraction of sp³-hybridized carbons (Fsp3) is 0.258. The quantitative estimate of drug-likeness (QED) is 0.254. The predicted octanol–water partition coefficient (Wildman–Crippen LogP) is 5.50. The first-order chi connectivity index (χ1) is 19.9. The van der Waals surface area contributed by atoms with Gasteiger partial charge < -0.3 is 14.2 Å². The summed E-state index contributed by atoms with van der Waals surface area (Å²) in [5.41, 5.74) is 1.43. The number of anilines is 1. The molecule has 1 saturated carbocycles. The number of hydrogen-bond donors (Lipinski definition) is 1. The van der Waals surface area contributed by atoms with Crippen molar-refractivity contribution in [1.29, 1.82) is 0 Å². The zero-order valence-electron chi connectivity index (χ0n) is 22.2. The largest absolute Gasteiger partial charge is 0.490 e. The van der Waals surface area contributed by atoms with Crippen molar-refractivity contribution in [2.24, 2.45) is 5.92 Å². The van der Waals surface area contributed by atoms with Gasteiger partial charge in [0.25, 0.3) is 5.91 Å². The van der Waals surface area contributed by atoms with E-state index in [4.69, 9.17) is 14.2 Å². The van der Waals surface area contributed by atoms with Crippen molar-refractivity contribution in [3.8, 4) is 17.2 Å². The van der Waals surface area contributed by atoms with Crippen LogP contribution in [0, 0.1) is 11.7 Å². The number of carbonyl (C=O) groups excluding carboxylic acids is 1. The number of rotatable bonds is 11. The molecule has 0 spiro atoms. The van der Waals surface area contributed by atoms with Gasteiger partial charge in [-0.05, 0) is 47.1 Å². The predicted molar refractivity (Wildman–Crippen MR) is 153 cm³/mol. The number of benzene rings is 4. The number of amides is 1. The molecule has 0 aromatic heterocycles. The second-order valence-electron chi connectivity index (χ2n) is 10.2. The third-order valence-corrected chi connectivity index (χ3v) is 8.48. The fourth-order valence-electron chi connectivity index (χ4n) is 4.76. The summed E-state index contributed by atoms with van der Waals surface area (Å²) in [5, 5.41) is 0.554. The molecule has 1 aliphatic heterocycles. The molecule has 2 fully saturated rings. The molecule has 4 aromatic carbocycles. The summed E-state index contributed by atoms with van der Waals surface area (Å²) in [7, 11) is -4.30. The van der Waals surface area contributed by atoms with E-state index in [1.165, 1.54) is 18.9 Å². The van der Waals surface area contributed by atoms with E-state index in [2.05, 4.69) is 0 Å². The van der Waals surface area contributed by atoms with E-state index >= 15 is 4.39 Å². The van der Waals surface area contributed by atoms with E-state index in [1.54, 1.807) is 12.1 Å². The lowest BCUT2D eigenvalue weighted by Gasteiger charge is -2.22. The third-order valence-electron chi connectivity index (χ3n) is 7.10. The van der Waals surface area contributed by atoms with Gasteiger partial charge in [-0.2, -0.15) is 8.42 Å². The Balaban J connectivity index is 1.42. The van der Waals surface area contributed by atoms with E-state index in [1.807, 2.05) is 65.4 Å². The Morgan fingerprint density at radius 3 is 2.00 bits per heavy atom. The first-order valence-corrected chi connectivity index (χ1v) is 14.9. The average Bonchev–Trinajstić information content (AvgIpc) is 3.75. The molecule has 1 amide bonds. The Bertz CT molecular complexity index is 1680. The van der Waals surface area contributed by atoms with Gasteiger partial charge in [0.05, 0.1) is 6.61 Å². The van der Waals surface area contributed by atoms with Crippen molar-refractivity contribution in [2.45, 2.75) is 32.5 Å². The molecule has 1 heterocycles. The van der Waals surface area contributed by atoms with Crippen molar-refractivity contribution in [1.82, 2.24) is 4.72 Å². The summed E-state index contributed by atoms with van der Waals surface area (Å²) in [6.07, 6.45) is 3.24. The number of halogens is 1. The van der Waals surface area contributed by atoms with Crippen LogP contribution in [0.15, 0.2) is 78.9 Å². The van der Waals surface area contributed by atoms with E-state index in [0.29, 0.717) is 33.7 Å². The van der Waals surface area contributed by atoms with Crippen LogP contribution in [0.2, 0.25) is 0 Å². The summed E-state index contributed by atoms with van der Waals surface area (Å²) in [6.45, 7) is 0.232. The summed E-state index contributed by atoms with van der Waals surface area (Å²) >= 11 is 0. The second-order valence-corrected chi connectivity index (χ2v) is 11.8. The fourth-order valence-corrected chi connectivity index (χ4v) is 5.92. The number of carbonyl (C=O) groups is 1. The lowest BCUT2D eigenvalue weighted by Crippen LogP contribution is -2.30. The van der Waals surface area contributed by atoms with Gasteiger partial charge in [0.1, 0.15) is 31.2 Å². The van der Waals surface area contributed by atoms with Crippen LogP contribution in [0.1, 0.15) is 30.4 Å². The smallest absolute Gasteiger partial charge is 0.326 e. The van der Waals surface area contributed by atoms with E-state index < -0.39 is 28.5 Å². The number of hydrogen-bond acceptors (Lipinski definition) is 6. The summed E-state index contributed by atoms with van der Waals surface area (Å²) < 4.78 is 62.7. The molecule has 212 valence electrons. The standard InChI is InChI=1S/C31H29FN2O6S/c32-30-25-17-27(38-14-13-21-11-12-21)26(39-19-22-7-3-1-4-8-22)15-24(25)16-28(40-20-23-9-5-2-6-10-23)31(30)34-18-29(35)33-41(34,36)37/h1-10,15-17,21H,11-14,18-20H2,(H,33,35). The number of fused-ring (bicyclic) bond motifs is 1. The minimum atomic E-state index is -4.30. The van der Waals surface area contributed by atoms with Gasteiger partial charge in [0.15, 0.2) is 17.3 Å². The monoisotopic (exact) mass is 576 g/mol. The van der Waals surface area contributed by atoms with Crippen LogP contribution in [0.5, 0.6) is 17.2 Å². The maximum Gasteiger partial charge on any atom is 0.326 e. The zero-order valence-corrected chi connectivity index (χ0v) is 23.0. The van der Waals surface area contributed by atoms with Gasteiger partial charge in [-0.15, -0.1) is 0 Å². The highest BCUT2D eigenvalue weighted by atomic mass is 32.2. The first kappa shape index (κ1) is 26.9. The van der Waals surface area contributed by atoms with Crippen LogP contribution >= 0.6 is 0 Å². The SMILES string of the molecule is O=C1CN(c2c(OCc3ccccc3)cc3cc(OCc4ccccc4)c(OCCC4CC4)cc3c2F)S(=O)(=O)N1. The molecule has 6 rings (SSSR count). The van der Waals surface area contributed by atoms with Crippen LogP contribution in [0.4, 0.5) is 10.1 Å². The molecule has 4 aromatic rings. The van der Waals surface area contributed by atoms with Crippen molar-refractivity contribution < 1.29 is 31.8 Å². The summed E-state index contributed by atoms with van der Waals surface area (Å²) in [4.78, 5) is 12.0. The maximum absolute atomic E-state index is 16.4. The van der Waals surface area contributed by atoms with Crippen molar-refractivity contribution in [2.75, 3.05) is 17.5 Å². The minimum absolute atomic E-state index is 0.0182. The van der Waals surface area contributed by atoms with Gasteiger partial charge in [0.2, 0.25) is 0 Å². The highest BCUT2D eigenvalue weighted by Gasteiger charge is 2.38.